The first-order valence-corrected chi connectivity index (χ1v) is 7.61. The Morgan fingerprint density at radius 3 is 2.42 bits per heavy atom. The SMILES string of the molecule is CC1(C)CN(Cc2c(F)cncc2F)CCS1(=O)=O. The number of aromatic nitrogens is 1. The Hall–Kier alpha value is -1.08. The summed E-state index contributed by atoms with van der Waals surface area (Å²) in [6, 6.07) is 0. The summed E-state index contributed by atoms with van der Waals surface area (Å²) in [5, 5.41) is 0. The molecule has 2 heterocycles. The molecular formula is C12H16F2N2O2S. The number of sulfone groups is 1. The molecule has 1 aromatic heterocycles. The Bertz CT molecular complexity index is 567. The van der Waals surface area contributed by atoms with E-state index in [-0.39, 0.29) is 31.0 Å². The van der Waals surface area contributed by atoms with E-state index in [1.165, 1.54) is 0 Å². The summed E-state index contributed by atoms with van der Waals surface area (Å²) >= 11 is 0. The highest BCUT2D eigenvalue weighted by atomic mass is 32.2. The van der Waals surface area contributed by atoms with Crippen LogP contribution in [0.1, 0.15) is 19.4 Å². The van der Waals surface area contributed by atoms with Gasteiger partial charge in [-0.15, -0.1) is 0 Å². The molecule has 106 valence electrons. The maximum atomic E-state index is 13.5. The van der Waals surface area contributed by atoms with E-state index in [9.17, 15) is 17.2 Å². The van der Waals surface area contributed by atoms with Crippen LogP contribution in [-0.2, 0) is 16.4 Å². The first-order chi connectivity index (χ1) is 8.73. The van der Waals surface area contributed by atoms with Crippen LogP contribution >= 0.6 is 0 Å². The van der Waals surface area contributed by atoms with E-state index < -0.39 is 26.2 Å². The van der Waals surface area contributed by atoms with Crippen LogP contribution in [0.3, 0.4) is 0 Å². The maximum absolute atomic E-state index is 13.5. The highest BCUT2D eigenvalue weighted by Crippen LogP contribution is 2.25. The van der Waals surface area contributed by atoms with Gasteiger partial charge in [-0.1, -0.05) is 0 Å². The molecular weight excluding hydrogens is 274 g/mol. The highest BCUT2D eigenvalue weighted by molar-refractivity contribution is 7.92. The van der Waals surface area contributed by atoms with Crippen LogP contribution < -0.4 is 0 Å². The van der Waals surface area contributed by atoms with Crippen LogP contribution in [0.2, 0.25) is 0 Å². The van der Waals surface area contributed by atoms with E-state index in [4.69, 9.17) is 0 Å². The second kappa shape index (κ2) is 4.79. The van der Waals surface area contributed by atoms with Crippen LogP contribution in [0.15, 0.2) is 12.4 Å². The minimum Gasteiger partial charge on any atom is -0.296 e. The minimum atomic E-state index is -3.15. The normalized spacial score (nSPS) is 22.3. The number of halogens is 2. The summed E-state index contributed by atoms with van der Waals surface area (Å²) in [4.78, 5) is 5.18. The lowest BCUT2D eigenvalue weighted by Gasteiger charge is -2.37. The molecule has 0 aliphatic carbocycles. The molecule has 4 nitrogen and oxygen atoms in total. The van der Waals surface area contributed by atoms with E-state index in [0.29, 0.717) is 0 Å². The van der Waals surface area contributed by atoms with E-state index in [1.807, 2.05) is 0 Å². The zero-order chi connectivity index (χ0) is 14.3. The molecule has 0 bridgehead atoms. The van der Waals surface area contributed by atoms with Gasteiger partial charge in [0, 0.05) is 25.2 Å². The van der Waals surface area contributed by atoms with Crippen molar-refractivity contribution < 1.29 is 17.2 Å². The number of hydrogen-bond donors (Lipinski definition) is 0. The van der Waals surface area contributed by atoms with Gasteiger partial charge in [0.1, 0.15) is 11.6 Å². The monoisotopic (exact) mass is 290 g/mol. The lowest BCUT2D eigenvalue weighted by atomic mass is 10.1. The van der Waals surface area contributed by atoms with Crippen molar-refractivity contribution in [2.45, 2.75) is 25.1 Å². The van der Waals surface area contributed by atoms with Crippen molar-refractivity contribution in [1.82, 2.24) is 9.88 Å². The van der Waals surface area contributed by atoms with Gasteiger partial charge in [0.15, 0.2) is 9.84 Å². The fraction of sp³-hybridized carbons (Fsp3) is 0.583. The van der Waals surface area contributed by atoms with Crippen LogP contribution in [0.25, 0.3) is 0 Å². The number of pyridine rings is 1. The van der Waals surface area contributed by atoms with Crippen LogP contribution in [0.4, 0.5) is 8.78 Å². The summed E-state index contributed by atoms with van der Waals surface area (Å²) in [6.45, 7) is 3.87. The van der Waals surface area contributed by atoms with Gasteiger partial charge in [-0.25, -0.2) is 17.2 Å². The van der Waals surface area contributed by atoms with Crippen molar-refractivity contribution in [2.24, 2.45) is 0 Å². The average molecular weight is 290 g/mol. The Morgan fingerprint density at radius 2 is 1.89 bits per heavy atom. The van der Waals surface area contributed by atoms with Gasteiger partial charge in [-0.2, -0.15) is 0 Å². The second-order valence-corrected chi connectivity index (χ2v) is 8.11. The summed E-state index contributed by atoms with van der Waals surface area (Å²) in [6.07, 6.45) is 1.93. The molecule has 0 spiro atoms. The van der Waals surface area contributed by atoms with Gasteiger partial charge >= 0.3 is 0 Å². The number of nitrogens with zero attached hydrogens (tertiary/aromatic N) is 2. The van der Waals surface area contributed by atoms with Gasteiger partial charge in [0.25, 0.3) is 0 Å². The molecule has 1 aliphatic heterocycles. The largest absolute Gasteiger partial charge is 0.296 e. The minimum absolute atomic E-state index is 0.00826. The van der Waals surface area contributed by atoms with Crippen LogP contribution in [-0.4, -0.2) is 41.9 Å². The van der Waals surface area contributed by atoms with E-state index in [0.717, 1.165) is 12.4 Å². The predicted molar refractivity (Wildman–Crippen MR) is 67.3 cm³/mol. The lowest BCUT2D eigenvalue weighted by molar-refractivity contribution is 0.235. The van der Waals surface area contributed by atoms with E-state index in [1.54, 1.807) is 18.7 Å². The summed E-state index contributed by atoms with van der Waals surface area (Å²) in [5.41, 5.74) is -0.0647. The van der Waals surface area contributed by atoms with Crippen molar-refractivity contribution in [3.05, 3.63) is 29.6 Å². The maximum Gasteiger partial charge on any atom is 0.157 e. The van der Waals surface area contributed by atoms with Crippen LogP contribution in [0.5, 0.6) is 0 Å². The van der Waals surface area contributed by atoms with Gasteiger partial charge < -0.3 is 0 Å². The molecule has 19 heavy (non-hydrogen) atoms. The number of hydrogen-bond acceptors (Lipinski definition) is 4. The average Bonchev–Trinajstić information content (AvgIpc) is 2.29. The Kier molecular flexibility index (Phi) is 3.61. The van der Waals surface area contributed by atoms with E-state index >= 15 is 0 Å². The molecule has 1 aliphatic rings. The second-order valence-electron chi connectivity index (χ2n) is 5.37. The zero-order valence-electron chi connectivity index (χ0n) is 10.9. The molecule has 0 unspecified atom stereocenters. The third-order valence-corrected chi connectivity index (χ3v) is 5.99. The smallest absolute Gasteiger partial charge is 0.157 e. The first-order valence-electron chi connectivity index (χ1n) is 5.95. The number of rotatable bonds is 2. The van der Waals surface area contributed by atoms with Crippen LogP contribution in [0, 0.1) is 11.6 Å². The summed E-state index contributed by atoms with van der Waals surface area (Å²) in [5.74, 6) is -1.40. The molecule has 0 N–H and O–H groups in total. The van der Waals surface area contributed by atoms with Crippen molar-refractivity contribution in [3.63, 3.8) is 0 Å². The van der Waals surface area contributed by atoms with Crippen molar-refractivity contribution in [3.8, 4) is 0 Å². The Balaban J connectivity index is 2.18. The zero-order valence-corrected chi connectivity index (χ0v) is 11.7. The summed E-state index contributed by atoms with van der Waals surface area (Å²) in [7, 11) is -3.15. The highest BCUT2D eigenvalue weighted by Gasteiger charge is 2.40. The first kappa shape index (κ1) is 14.3. The molecule has 0 amide bonds. The van der Waals surface area contributed by atoms with Crippen molar-refractivity contribution >= 4 is 9.84 Å². The van der Waals surface area contributed by atoms with Gasteiger partial charge in [-0.3, -0.25) is 9.88 Å². The molecule has 1 saturated heterocycles. The standard InChI is InChI=1S/C12H16F2N2O2S/c1-12(2)8-16(3-4-19(12,17)18)7-9-10(13)5-15-6-11(9)14/h5-6H,3-4,7-8H2,1-2H3. The molecule has 0 saturated carbocycles. The molecule has 2 rings (SSSR count). The van der Waals surface area contributed by atoms with Gasteiger partial charge in [0.2, 0.25) is 0 Å². The van der Waals surface area contributed by atoms with Crippen molar-refractivity contribution in [2.75, 3.05) is 18.8 Å². The molecule has 0 atom stereocenters. The molecule has 1 fully saturated rings. The Morgan fingerprint density at radius 1 is 1.32 bits per heavy atom. The van der Waals surface area contributed by atoms with Gasteiger partial charge in [0.05, 0.1) is 22.9 Å². The molecule has 0 aromatic carbocycles. The van der Waals surface area contributed by atoms with Crippen molar-refractivity contribution in [1.29, 1.82) is 0 Å². The molecule has 0 radical (unpaired) electrons. The predicted octanol–water partition coefficient (Wildman–Crippen LogP) is 1.37. The fourth-order valence-electron chi connectivity index (χ4n) is 2.19. The quantitative estimate of drug-likeness (QED) is 0.825. The third-order valence-electron chi connectivity index (χ3n) is 3.46. The van der Waals surface area contributed by atoms with E-state index in [2.05, 4.69) is 4.98 Å². The molecule has 1 aromatic rings. The van der Waals surface area contributed by atoms with Gasteiger partial charge in [-0.05, 0) is 13.8 Å². The fourth-order valence-corrected chi connectivity index (χ4v) is 3.62. The molecule has 7 heteroatoms. The summed E-state index contributed by atoms with van der Waals surface area (Å²) < 4.78 is 49.8. The Labute approximate surface area is 111 Å². The topological polar surface area (TPSA) is 50.3 Å². The lowest BCUT2D eigenvalue weighted by Crippen LogP contribution is -2.52. The third kappa shape index (κ3) is 2.76.